The molecule has 2 heterocycles. The third-order valence-corrected chi connectivity index (χ3v) is 9.14. The number of likely N-dealkylation sites (N-methyl/N-ethyl adjacent to an activating group) is 1. The molecule has 4 aromatic rings. The number of sulfonamides is 1. The first kappa shape index (κ1) is 27.7. The van der Waals surface area contributed by atoms with Crippen LogP contribution in [0, 0.1) is 12.8 Å². The molecule has 0 bridgehead atoms. The maximum atomic E-state index is 13.3. The number of piperazine rings is 1. The maximum absolute atomic E-state index is 13.3. The van der Waals surface area contributed by atoms with E-state index in [4.69, 9.17) is 5.73 Å². The average molecular weight is 562 g/mol. The Balaban J connectivity index is 1.63. The molecule has 1 aliphatic heterocycles. The van der Waals surface area contributed by atoms with E-state index in [1.807, 2.05) is 69.1 Å². The highest BCUT2D eigenvalue weighted by Gasteiger charge is 2.23. The highest BCUT2D eigenvalue weighted by atomic mass is 32.2. The SMILES string of the molecule is Cc1c(NS(=O)(=O)CC(C)C)cccc1-c1ccc(C(N)=O)c2[nH]c3cc(C(=O)N4CCN(C)CC4)ccc3c12. The predicted molar refractivity (Wildman–Crippen MR) is 160 cm³/mol. The van der Waals surface area contributed by atoms with Crippen molar-refractivity contribution in [3.63, 3.8) is 0 Å². The first-order chi connectivity index (χ1) is 18.9. The van der Waals surface area contributed by atoms with Crippen molar-refractivity contribution < 1.29 is 18.0 Å². The van der Waals surface area contributed by atoms with Crippen LogP contribution in [0.4, 0.5) is 5.69 Å². The Bertz CT molecular complexity index is 1730. The van der Waals surface area contributed by atoms with Crippen LogP contribution < -0.4 is 10.5 Å². The Morgan fingerprint density at radius 1 is 1.02 bits per heavy atom. The lowest BCUT2D eigenvalue weighted by atomic mass is 9.93. The van der Waals surface area contributed by atoms with Crippen LogP contribution in [0.15, 0.2) is 48.5 Å². The molecule has 1 fully saturated rings. The molecule has 0 spiro atoms. The molecule has 0 aliphatic carbocycles. The zero-order valence-electron chi connectivity index (χ0n) is 23.2. The molecule has 40 heavy (non-hydrogen) atoms. The second-order valence-electron chi connectivity index (χ2n) is 11.0. The van der Waals surface area contributed by atoms with E-state index >= 15 is 0 Å². The van der Waals surface area contributed by atoms with Crippen molar-refractivity contribution in [2.45, 2.75) is 20.8 Å². The van der Waals surface area contributed by atoms with Gasteiger partial charge in [0.05, 0.1) is 22.5 Å². The number of carbonyl (C=O) groups is 2. The third-order valence-electron chi connectivity index (χ3n) is 7.50. The molecule has 1 aromatic heterocycles. The molecule has 0 atom stereocenters. The molecule has 0 unspecified atom stereocenters. The van der Waals surface area contributed by atoms with E-state index in [0.717, 1.165) is 46.1 Å². The summed E-state index contributed by atoms with van der Waals surface area (Å²) < 4.78 is 28.1. The Kier molecular flexibility index (Phi) is 7.32. The van der Waals surface area contributed by atoms with Gasteiger partial charge in [-0.1, -0.05) is 38.1 Å². The summed E-state index contributed by atoms with van der Waals surface area (Å²) in [5, 5.41) is 1.63. The molecule has 1 saturated heterocycles. The van der Waals surface area contributed by atoms with Crippen molar-refractivity contribution in [3.8, 4) is 11.1 Å². The molecule has 4 N–H and O–H groups in total. The fourth-order valence-electron chi connectivity index (χ4n) is 5.45. The van der Waals surface area contributed by atoms with Crippen LogP contribution in [0.1, 0.15) is 40.1 Å². The lowest BCUT2D eigenvalue weighted by Crippen LogP contribution is -2.47. The number of anilines is 1. The van der Waals surface area contributed by atoms with E-state index in [-0.39, 0.29) is 17.6 Å². The van der Waals surface area contributed by atoms with Gasteiger partial charge in [-0.15, -0.1) is 0 Å². The van der Waals surface area contributed by atoms with E-state index < -0.39 is 15.9 Å². The van der Waals surface area contributed by atoms with Crippen LogP contribution in [-0.4, -0.2) is 74.0 Å². The summed E-state index contributed by atoms with van der Waals surface area (Å²) >= 11 is 0. The van der Waals surface area contributed by atoms with E-state index in [1.165, 1.54) is 0 Å². The molecule has 2 amide bonds. The quantitative estimate of drug-likeness (QED) is 0.312. The predicted octanol–water partition coefficient (Wildman–Crippen LogP) is 4.18. The molecule has 10 heteroatoms. The molecule has 210 valence electrons. The van der Waals surface area contributed by atoms with Crippen LogP contribution in [0.2, 0.25) is 0 Å². The lowest BCUT2D eigenvalue weighted by molar-refractivity contribution is 0.0664. The standard InChI is InChI=1S/C30H35N5O4S/c1-18(2)17-40(38,39)33-25-7-5-6-21(19(25)3)22-10-11-24(29(31)36)28-27(22)23-9-8-20(16-26(23)32-28)30(37)35-14-12-34(4)13-15-35/h5-11,16,18,32-33H,12-15,17H2,1-4H3,(H2,31,36). The molecule has 5 rings (SSSR count). The molecular formula is C30H35N5O4S. The highest BCUT2D eigenvalue weighted by molar-refractivity contribution is 7.92. The number of hydrogen-bond donors (Lipinski definition) is 3. The summed E-state index contributed by atoms with van der Waals surface area (Å²) in [6.07, 6.45) is 0. The summed E-state index contributed by atoms with van der Waals surface area (Å²) in [5.41, 5.74) is 10.9. The first-order valence-electron chi connectivity index (χ1n) is 13.4. The van der Waals surface area contributed by atoms with Crippen molar-refractivity contribution in [2.24, 2.45) is 11.7 Å². The lowest BCUT2D eigenvalue weighted by Gasteiger charge is -2.32. The number of nitrogens with one attached hydrogen (secondary N) is 2. The number of carbonyl (C=O) groups excluding carboxylic acids is 2. The zero-order valence-corrected chi connectivity index (χ0v) is 24.1. The number of H-pyrrole nitrogens is 1. The average Bonchev–Trinajstić information content (AvgIpc) is 3.27. The number of nitrogens with two attached hydrogens (primary N) is 1. The van der Waals surface area contributed by atoms with Crippen molar-refractivity contribution >= 4 is 49.3 Å². The number of hydrogen-bond acceptors (Lipinski definition) is 5. The largest absolute Gasteiger partial charge is 0.366 e. The second-order valence-corrected chi connectivity index (χ2v) is 12.8. The summed E-state index contributed by atoms with van der Waals surface area (Å²) in [6, 6.07) is 14.6. The number of aromatic nitrogens is 1. The van der Waals surface area contributed by atoms with Crippen molar-refractivity contribution in [1.82, 2.24) is 14.8 Å². The fourth-order valence-corrected chi connectivity index (χ4v) is 6.97. The monoisotopic (exact) mass is 561 g/mol. The van der Waals surface area contributed by atoms with Gasteiger partial charge >= 0.3 is 0 Å². The van der Waals surface area contributed by atoms with Gasteiger partial charge in [-0.25, -0.2) is 8.42 Å². The van der Waals surface area contributed by atoms with Crippen molar-refractivity contribution in [2.75, 3.05) is 43.7 Å². The van der Waals surface area contributed by atoms with Gasteiger partial charge in [-0.05, 0) is 60.8 Å². The first-order valence-corrected chi connectivity index (χ1v) is 15.1. The van der Waals surface area contributed by atoms with Crippen molar-refractivity contribution in [1.29, 1.82) is 0 Å². The van der Waals surface area contributed by atoms with Gasteiger partial charge in [-0.2, -0.15) is 0 Å². The van der Waals surface area contributed by atoms with Crippen LogP contribution in [0.25, 0.3) is 32.9 Å². The Morgan fingerprint density at radius 3 is 2.42 bits per heavy atom. The van der Waals surface area contributed by atoms with E-state index in [9.17, 15) is 18.0 Å². The number of primary amides is 1. The summed E-state index contributed by atoms with van der Waals surface area (Å²) in [7, 11) is -1.48. The Morgan fingerprint density at radius 2 is 1.75 bits per heavy atom. The van der Waals surface area contributed by atoms with Gasteiger partial charge in [0, 0.05) is 48.0 Å². The fraction of sp³-hybridized carbons (Fsp3) is 0.333. The Hall–Kier alpha value is -3.89. The minimum atomic E-state index is -3.52. The van der Waals surface area contributed by atoms with Gasteiger partial charge in [-0.3, -0.25) is 14.3 Å². The number of amides is 2. The highest BCUT2D eigenvalue weighted by Crippen LogP contribution is 2.39. The van der Waals surface area contributed by atoms with Crippen LogP contribution >= 0.6 is 0 Å². The number of aromatic amines is 1. The van der Waals surface area contributed by atoms with Crippen molar-refractivity contribution in [3.05, 3.63) is 65.2 Å². The molecular weight excluding hydrogens is 526 g/mol. The summed E-state index contributed by atoms with van der Waals surface area (Å²) in [5.74, 6) is -0.586. The normalized spacial score (nSPS) is 14.8. The van der Waals surface area contributed by atoms with E-state index in [2.05, 4.69) is 14.6 Å². The smallest absolute Gasteiger partial charge is 0.254 e. The van der Waals surface area contributed by atoms with Gasteiger partial charge in [0.2, 0.25) is 10.0 Å². The number of rotatable bonds is 7. The van der Waals surface area contributed by atoms with E-state index in [0.29, 0.717) is 35.4 Å². The maximum Gasteiger partial charge on any atom is 0.254 e. The van der Waals surface area contributed by atoms with Crippen LogP contribution in [0.5, 0.6) is 0 Å². The van der Waals surface area contributed by atoms with Gasteiger partial charge in [0.1, 0.15) is 0 Å². The molecule has 9 nitrogen and oxygen atoms in total. The third kappa shape index (κ3) is 5.29. The number of fused-ring (bicyclic) bond motifs is 3. The molecule has 3 aromatic carbocycles. The van der Waals surface area contributed by atoms with Gasteiger partial charge in [0.25, 0.3) is 11.8 Å². The molecule has 1 aliphatic rings. The van der Waals surface area contributed by atoms with Gasteiger partial charge in [0.15, 0.2) is 0 Å². The van der Waals surface area contributed by atoms with E-state index in [1.54, 1.807) is 12.1 Å². The zero-order chi connectivity index (χ0) is 28.8. The summed E-state index contributed by atoms with van der Waals surface area (Å²) in [4.78, 5) is 33.0. The van der Waals surface area contributed by atoms with Crippen LogP contribution in [0.3, 0.4) is 0 Å². The molecule has 0 radical (unpaired) electrons. The number of nitrogens with zero attached hydrogens (tertiary/aromatic N) is 2. The topological polar surface area (TPSA) is 129 Å². The van der Waals surface area contributed by atoms with Gasteiger partial charge < -0.3 is 20.5 Å². The number of benzene rings is 3. The molecule has 0 saturated carbocycles. The minimum Gasteiger partial charge on any atom is -0.366 e. The second kappa shape index (κ2) is 10.6. The minimum absolute atomic E-state index is 0.0128. The van der Waals surface area contributed by atoms with Crippen LogP contribution in [-0.2, 0) is 10.0 Å². The summed E-state index contributed by atoms with van der Waals surface area (Å²) in [6.45, 7) is 8.61. The Labute approximate surface area is 234 Å².